The highest BCUT2D eigenvalue weighted by Gasteiger charge is 2.07. The molecule has 3 rings (SSSR count). The smallest absolute Gasteiger partial charge is 0.128 e. The van der Waals surface area contributed by atoms with E-state index < -0.39 is 6.10 Å². The Kier molecular flexibility index (Phi) is 5.93. The van der Waals surface area contributed by atoms with Crippen LogP contribution in [0.5, 0.6) is 11.5 Å². The summed E-state index contributed by atoms with van der Waals surface area (Å²) in [5.74, 6) is 1.67. The van der Waals surface area contributed by atoms with Crippen LogP contribution in [0.3, 0.4) is 0 Å². The molecular weight excluding hydrogens is 316 g/mol. The van der Waals surface area contributed by atoms with Crippen LogP contribution >= 0.6 is 0 Å². The minimum Gasteiger partial charge on any atom is -0.492 e. The lowest BCUT2D eigenvalue weighted by atomic mass is 10.2. The zero-order valence-electron chi connectivity index (χ0n) is 14.4. The molecule has 132 valence electrons. The summed E-state index contributed by atoms with van der Waals surface area (Å²) in [6, 6.07) is 15.7. The highest BCUT2D eigenvalue weighted by molar-refractivity contribution is 5.85. The minimum absolute atomic E-state index is 0.246. The second kappa shape index (κ2) is 8.55. The minimum atomic E-state index is -0.576. The average Bonchev–Trinajstić information content (AvgIpc) is 3.10. The largest absolute Gasteiger partial charge is 0.492 e. The lowest BCUT2D eigenvalue weighted by Crippen LogP contribution is -2.33. The second-order valence-corrected chi connectivity index (χ2v) is 5.98. The van der Waals surface area contributed by atoms with E-state index in [0.29, 0.717) is 19.7 Å². The number of hydrogen-bond acceptors (Lipinski definition) is 4. The molecule has 5 heteroatoms. The summed E-state index contributed by atoms with van der Waals surface area (Å²) in [5, 5.41) is 14.3. The molecule has 1 unspecified atom stereocenters. The topological polar surface area (TPSA) is 66.5 Å². The summed E-state index contributed by atoms with van der Waals surface area (Å²) in [5.41, 5.74) is 2.15. The zero-order valence-corrected chi connectivity index (χ0v) is 14.4. The van der Waals surface area contributed by atoms with Gasteiger partial charge in [0.2, 0.25) is 0 Å². The Hall–Kier alpha value is -2.50. The molecule has 0 aliphatic heterocycles. The van der Waals surface area contributed by atoms with Crippen LogP contribution in [-0.2, 0) is 0 Å². The molecule has 3 N–H and O–H groups in total. The monoisotopic (exact) mass is 340 g/mol. The van der Waals surface area contributed by atoms with Crippen LogP contribution in [0.25, 0.3) is 10.9 Å². The fourth-order valence-corrected chi connectivity index (χ4v) is 2.65. The van der Waals surface area contributed by atoms with Crippen molar-refractivity contribution in [1.29, 1.82) is 0 Å². The first kappa shape index (κ1) is 17.3. The van der Waals surface area contributed by atoms with Gasteiger partial charge < -0.3 is 24.9 Å². The summed E-state index contributed by atoms with van der Waals surface area (Å²) in [4.78, 5) is 3.14. The molecule has 0 spiro atoms. The fourth-order valence-electron chi connectivity index (χ4n) is 2.65. The van der Waals surface area contributed by atoms with E-state index in [0.717, 1.165) is 28.0 Å². The number of para-hydroxylation sites is 1. The van der Waals surface area contributed by atoms with Crippen LogP contribution in [0.2, 0.25) is 0 Å². The highest BCUT2D eigenvalue weighted by Crippen LogP contribution is 2.24. The molecule has 0 aliphatic rings. The van der Waals surface area contributed by atoms with Crippen molar-refractivity contribution in [3.8, 4) is 11.5 Å². The molecule has 1 atom stereocenters. The molecule has 2 aromatic carbocycles. The van der Waals surface area contributed by atoms with Crippen molar-refractivity contribution in [2.45, 2.75) is 13.0 Å². The number of H-pyrrole nitrogens is 1. The molecule has 5 nitrogen and oxygen atoms in total. The third-order valence-corrected chi connectivity index (χ3v) is 4.00. The summed E-state index contributed by atoms with van der Waals surface area (Å²) in [6.45, 7) is 3.95. The van der Waals surface area contributed by atoms with Crippen LogP contribution in [-0.4, -0.2) is 42.5 Å². The van der Waals surface area contributed by atoms with Gasteiger partial charge in [-0.05, 0) is 36.8 Å². The summed E-state index contributed by atoms with van der Waals surface area (Å²) in [7, 11) is 0. The number of aromatic amines is 1. The van der Waals surface area contributed by atoms with Gasteiger partial charge in [-0.25, -0.2) is 0 Å². The Labute approximate surface area is 147 Å². The van der Waals surface area contributed by atoms with Crippen molar-refractivity contribution in [1.82, 2.24) is 10.3 Å². The molecule has 1 heterocycles. The van der Waals surface area contributed by atoms with Crippen LogP contribution in [0.15, 0.2) is 54.7 Å². The summed E-state index contributed by atoms with van der Waals surface area (Å²) < 4.78 is 11.4. The maximum Gasteiger partial charge on any atom is 0.128 e. The lowest BCUT2D eigenvalue weighted by molar-refractivity contribution is 0.106. The quantitative estimate of drug-likeness (QED) is 0.524. The third-order valence-electron chi connectivity index (χ3n) is 4.00. The lowest BCUT2D eigenvalue weighted by Gasteiger charge is -2.14. The maximum atomic E-state index is 10.1. The molecule has 0 amide bonds. The van der Waals surface area contributed by atoms with Crippen LogP contribution in [0.4, 0.5) is 0 Å². The predicted molar refractivity (Wildman–Crippen MR) is 99.3 cm³/mol. The van der Waals surface area contributed by atoms with Crippen LogP contribution in [0.1, 0.15) is 5.56 Å². The van der Waals surface area contributed by atoms with E-state index in [4.69, 9.17) is 9.47 Å². The molecule has 0 saturated heterocycles. The van der Waals surface area contributed by atoms with Gasteiger partial charge in [0, 0.05) is 30.2 Å². The zero-order chi connectivity index (χ0) is 17.5. The van der Waals surface area contributed by atoms with Gasteiger partial charge in [-0.15, -0.1) is 0 Å². The van der Waals surface area contributed by atoms with E-state index in [1.54, 1.807) is 0 Å². The number of rotatable bonds is 9. The van der Waals surface area contributed by atoms with Gasteiger partial charge >= 0.3 is 0 Å². The van der Waals surface area contributed by atoms with E-state index >= 15 is 0 Å². The fraction of sp³-hybridized carbons (Fsp3) is 0.300. The number of benzene rings is 2. The average molecular weight is 340 g/mol. The predicted octanol–water partition coefficient (Wildman–Crippen LogP) is 2.88. The first-order valence-corrected chi connectivity index (χ1v) is 8.50. The number of nitrogens with one attached hydrogen (secondary N) is 2. The van der Waals surface area contributed by atoms with E-state index in [9.17, 15) is 5.11 Å². The molecule has 1 aromatic heterocycles. The Bertz CT molecular complexity index is 800. The number of aromatic nitrogens is 1. The second-order valence-electron chi connectivity index (χ2n) is 5.98. The number of fused-ring (bicyclic) bond motifs is 1. The first-order valence-electron chi connectivity index (χ1n) is 8.50. The van der Waals surface area contributed by atoms with E-state index in [1.807, 2.05) is 61.7 Å². The Morgan fingerprint density at radius 2 is 1.88 bits per heavy atom. The van der Waals surface area contributed by atoms with Gasteiger partial charge in [-0.3, -0.25) is 0 Å². The normalized spacial score (nSPS) is 12.2. The summed E-state index contributed by atoms with van der Waals surface area (Å²) >= 11 is 0. The number of aliphatic hydroxyl groups excluding tert-OH is 1. The first-order chi connectivity index (χ1) is 12.2. The maximum absolute atomic E-state index is 10.1. The van der Waals surface area contributed by atoms with E-state index in [2.05, 4.69) is 10.3 Å². The van der Waals surface area contributed by atoms with Gasteiger partial charge in [0.15, 0.2) is 0 Å². The van der Waals surface area contributed by atoms with Crippen molar-refractivity contribution in [3.05, 3.63) is 60.3 Å². The number of aliphatic hydroxyl groups is 1. The standard InChI is InChI=1S/C20H24N2O3/c1-15-5-2-3-7-19(15)24-12-11-21-13-16(23)14-25-20-8-4-6-18-17(20)9-10-22-18/h2-10,16,21-23H,11-14H2,1H3. The summed E-state index contributed by atoms with van der Waals surface area (Å²) in [6.07, 6.45) is 1.30. The van der Waals surface area contributed by atoms with Gasteiger partial charge in [0.05, 0.1) is 0 Å². The third kappa shape index (κ3) is 4.75. The van der Waals surface area contributed by atoms with E-state index in [-0.39, 0.29) is 6.61 Å². The van der Waals surface area contributed by atoms with Gasteiger partial charge in [0.1, 0.15) is 30.8 Å². The molecule has 0 saturated carbocycles. The van der Waals surface area contributed by atoms with Crippen molar-refractivity contribution in [2.24, 2.45) is 0 Å². The molecule has 3 aromatic rings. The molecule has 0 bridgehead atoms. The van der Waals surface area contributed by atoms with Gasteiger partial charge in [-0.1, -0.05) is 24.3 Å². The van der Waals surface area contributed by atoms with Gasteiger partial charge in [0.25, 0.3) is 0 Å². The molecule has 0 radical (unpaired) electrons. The molecule has 25 heavy (non-hydrogen) atoms. The Morgan fingerprint density at radius 3 is 2.76 bits per heavy atom. The van der Waals surface area contributed by atoms with Gasteiger partial charge in [-0.2, -0.15) is 0 Å². The van der Waals surface area contributed by atoms with E-state index in [1.165, 1.54) is 0 Å². The molecular formula is C20H24N2O3. The molecule has 0 fully saturated rings. The number of ether oxygens (including phenoxy) is 2. The number of aryl methyl sites for hydroxylation is 1. The van der Waals surface area contributed by atoms with Crippen LogP contribution < -0.4 is 14.8 Å². The highest BCUT2D eigenvalue weighted by atomic mass is 16.5. The SMILES string of the molecule is Cc1ccccc1OCCNCC(O)COc1cccc2[nH]ccc12. The number of hydrogen-bond donors (Lipinski definition) is 3. The van der Waals surface area contributed by atoms with Crippen molar-refractivity contribution < 1.29 is 14.6 Å². The van der Waals surface area contributed by atoms with Crippen molar-refractivity contribution in [2.75, 3.05) is 26.3 Å². The van der Waals surface area contributed by atoms with Crippen LogP contribution in [0, 0.1) is 6.92 Å². The van der Waals surface area contributed by atoms with Crippen molar-refractivity contribution >= 4 is 10.9 Å². The molecule has 0 aliphatic carbocycles. The Morgan fingerprint density at radius 1 is 1.04 bits per heavy atom. The Balaban J connectivity index is 1.35. The van der Waals surface area contributed by atoms with Crippen molar-refractivity contribution in [3.63, 3.8) is 0 Å².